The van der Waals surface area contributed by atoms with Gasteiger partial charge in [-0.25, -0.2) is 4.79 Å². The first kappa shape index (κ1) is 35.3. The van der Waals surface area contributed by atoms with Gasteiger partial charge in [-0.1, -0.05) is 82.9 Å². The highest BCUT2D eigenvalue weighted by atomic mass is 16.6. The van der Waals surface area contributed by atoms with Crippen LogP contribution in [0.5, 0.6) is 0 Å². The van der Waals surface area contributed by atoms with Crippen molar-refractivity contribution in [1.29, 1.82) is 0 Å². The summed E-state index contributed by atoms with van der Waals surface area (Å²) in [5, 5.41) is 13.7. The van der Waals surface area contributed by atoms with Crippen molar-refractivity contribution in [2.24, 2.45) is 0 Å². The lowest BCUT2D eigenvalue weighted by Crippen LogP contribution is -2.33. The molecule has 0 saturated carbocycles. The minimum Gasteiger partial charge on any atom is -0.444 e. The Morgan fingerprint density at radius 2 is 1.62 bits per heavy atom. The highest BCUT2D eigenvalue weighted by Crippen LogP contribution is 2.20. The third-order valence-electron chi connectivity index (χ3n) is 6.54. The maximum atomic E-state index is 12.2. The average molecular weight is 564 g/mol. The number of hydrogen-bond acceptors (Lipinski definition) is 6. The van der Waals surface area contributed by atoms with E-state index >= 15 is 0 Å². The number of hydrogen-bond donors (Lipinski definition) is 1. The maximum absolute atomic E-state index is 12.2. The number of carbonyl (C=O) groups is 2. The van der Waals surface area contributed by atoms with Gasteiger partial charge >= 0.3 is 6.09 Å². The first-order chi connectivity index (χ1) is 19.0. The summed E-state index contributed by atoms with van der Waals surface area (Å²) in [6, 6.07) is 6.42. The standard InChI is InChI=1S/C19H29N3O5.C12H24O/c1-19(2,3)27-18(24)20-13-9-5-6-12-17(23)21(4)14-15-10-7-8-11-16(15)22(25)26;1-2-3-4-5-6-7-8-9-10-12-11-13-12/h7-8,10-11H,5-6,9,12-14H2,1-4H3,(H,20,24);12H,2-11H2,1H3. The first-order valence-corrected chi connectivity index (χ1v) is 15.1. The minimum absolute atomic E-state index is 0.0189. The number of nitro benzene ring substituents is 1. The van der Waals surface area contributed by atoms with Crippen LogP contribution in [0.2, 0.25) is 0 Å². The Bertz CT molecular complexity index is 867. The van der Waals surface area contributed by atoms with Gasteiger partial charge < -0.3 is 19.7 Å². The zero-order valence-corrected chi connectivity index (χ0v) is 25.5. The number of amides is 2. The number of benzene rings is 1. The third-order valence-corrected chi connectivity index (χ3v) is 6.54. The molecule has 1 aromatic carbocycles. The van der Waals surface area contributed by atoms with Gasteiger partial charge in [-0.15, -0.1) is 0 Å². The number of alkyl carbamates (subject to hydrolysis) is 1. The Morgan fingerprint density at radius 3 is 2.23 bits per heavy atom. The Morgan fingerprint density at radius 1 is 1.02 bits per heavy atom. The Kier molecular flexibility index (Phi) is 17.9. The fraction of sp³-hybridized carbons (Fsp3) is 0.742. The number of para-hydroxylation sites is 1. The maximum Gasteiger partial charge on any atom is 0.407 e. The molecule has 228 valence electrons. The molecule has 1 aliphatic heterocycles. The molecule has 1 fully saturated rings. The summed E-state index contributed by atoms with van der Waals surface area (Å²) in [6.07, 6.45) is 15.5. The molecule has 0 aromatic heterocycles. The molecule has 0 bridgehead atoms. The second kappa shape index (κ2) is 20.2. The fourth-order valence-corrected chi connectivity index (χ4v) is 4.18. The smallest absolute Gasteiger partial charge is 0.407 e. The summed E-state index contributed by atoms with van der Waals surface area (Å²) in [5.74, 6) is -0.0618. The van der Waals surface area contributed by atoms with E-state index < -0.39 is 16.6 Å². The number of ether oxygens (including phenoxy) is 2. The second-order valence-electron chi connectivity index (χ2n) is 11.6. The van der Waals surface area contributed by atoms with E-state index in [1.54, 1.807) is 46.0 Å². The molecule has 1 heterocycles. The normalized spacial score (nSPS) is 14.1. The lowest BCUT2D eigenvalue weighted by atomic mass is 10.1. The first-order valence-electron chi connectivity index (χ1n) is 15.1. The van der Waals surface area contributed by atoms with Crippen molar-refractivity contribution in [3.63, 3.8) is 0 Å². The molecule has 1 aromatic rings. The summed E-state index contributed by atoms with van der Waals surface area (Å²) in [7, 11) is 1.64. The number of unbranched alkanes of at least 4 members (excludes halogenated alkanes) is 9. The van der Waals surface area contributed by atoms with Crippen LogP contribution in [-0.4, -0.2) is 53.7 Å². The summed E-state index contributed by atoms with van der Waals surface area (Å²) >= 11 is 0. The van der Waals surface area contributed by atoms with Crippen LogP contribution < -0.4 is 5.32 Å². The molecule has 1 saturated heterocycles. The molecule has 1 atom stereocenters. The van der Waals surface area contributed by atoms with Gasteiger partial charge in [-0.05, 0) is 40.0 Å². The zero-order chi connectivity index (χ0) is 29.8. The number of nitrogens with one attached hydrogen (secondary N) is 1. The van der Waals surface area contributed by atoms with Crippen molar-refractivity contribution in [3.8, 4) is 0 Å². The SMILES string of the molecule is CCCCCCCCCCC1CO1.CN(Cc1ccccc1[N+](=O)[O-])C(=O)CCCCCNC(=O)OC(C)(C)C. The molecular weight excluding hydrogens is 510 g/mol. The quantitative estimate of drug-likeness (QED) is 0.0853. The molecule has 2 amide bonds. The molecule has 0 aliphatic carbocycles. The lowest BCUT2D eigenvalue weighted by Gasteiger charge is -2.19. The number of carbonyl (C=O) groups excluding carboxylic acids is 2. The molecule has 1 aliphatic rings. The van der Waals surface area contributed by atoms with E-state index in [0.29, 0.717) is 31.1 Å². The van der Waals surface area contributed by atoms with Gasteiger partial charge in [0.15, 0.2) is 0 Å². The van der Waals surface area contributed by atoms with Gasteiger partial charge in [0, 0.05) is 31.6 Å². The van der Waals surface area contributed by atoms with E-state index in [0.717, 1.165) is 19.4 Å². The van der Waals surface area contributed by atoms with Crippen molar-refractivity contribution in [3.05, 3.63) is 39.9 Å². The molecule has 40 heavy (non-hydrogen) atoms. The van der Waals surface area contributed by atoms with Crippen LogP contribution in [0, 0.1) is 10.1 Å². The van der Waals surface area contributed by atoms with Gasteiger partial charge in [0.1, 0.15) is 5.60 Å². The predicted octanol–water partition coefficient (Wildman–Crippen LogP) is 7.55. The van der Waals surface area contributed by atoms with Crippen molar-refractivity contribution in [1.82, 2.24) is 10.2 Å². The van der Waals surface area contributed by atoms with E-state index in [9.17, 15) is 19.7 Å². The summed E-state index contributed by atoms with van der Waals surface area (Å²) < 4.78 is 10.3. The Balaban J connectivity index is 0.000000512. The molecule has 0 radical (unpaired) electrons. The lowest BCUT2D eigenvalue weighted by molar-refractivity contribution is -0.385. The minimum atomic E-state index is -0.519. The van der Waals surface area contributed by atoms with E-state index in [-0.39, 0.29) is 18.1 Å². The highest BCUT2D eigenvalue weighted by Gasteiger charge is 2.21. The number of nitrogens with zero attached hydrogens (tertiary/aromatic N) is 2. The number of rotatable bonds is 18. The van der Waals surface area contributed by atoms with Crippen molar-refractivity contribution >= 4 is 17.7 Å². The van der Waals surface area contributed by atoms with Gasteiger partial charge in [-0.2, -0.15) is 0 Å². The van der Waals surface area contributed by atoms with Crippen LogP contribution in [0.3, 0.4) is 0 Å². The zero-order valence-electron chi connectivity index (χ0n) is 25.5. The van der Waals surface area contributed by atoms with E-state index in [1.807, 2.05) is 0 Å². The Hall–Kier alpha value is -2.68. The van der Waals surface area contributed by atoms with Gasteiger partial charge in [0.2, 0.25) is 5.91 Å². The third kappa shape index (κ3) is 18.6. The van der Waals surface area contributed by atoms with Crippen LogP contribution in [0.4, 0.5) is 10.5 Å². The molecule has 9 heteroatoms. The molecule has 0 spiro atoms. The summed E-state index contributed by atoms with van der Waals surface area (Å²) in [5.41, 5.74) is 0.0137. The largest absolute Gasteiger partial charge is 0.444 e. The van der Waals surface area contributed by atoms with Crippen LogP contribution in [0.1, 0.15) is 117 Å². The van der Waals surface area contributed by atoms with E-state index in [2.05, 4.69) is 12.2 Å². The topological polar surface area (TPSA) is 114 Å². The van der Waals surface area contributed by atoms with Crippen LogP contribution >= 0.6 is 0 Å². The van der Waals surface area contributed by atoms with Crippen LogP contribution in [0.15, 0.2) is 24.3 Å². The molecule has 9 nitrogen and oxygen atoms in total. The summed E-state index contributed by atoms with van der Waals surface area (Å²) in [4.78, 5) is 35.8. The highest BCUT2D eigenvalue weighted by molar-refractivity contribution is 5.76. The van der Waals surface area contributed by atoms with Gasteiger partial charge in [0.25, 0.3) is 5.69 Å². The van der Waals surface area contributed by atoms with Gasteiger partial charge in [-0.3, -0.25) is 14.9 Å². The molecule has 1 N–H and O–H groups in total. The summed E-state index contributed by atoms with van der Waals surface area (Å²) in [6.45, 7) is 9.42. The monoisotopic (exact) mass is 563 g/mol. The second-order valence-corrected chi connectivity index (χ2v) is 11.6. The molecule has 1 unspecified atom stereocenters. The van der Waals surface area contributed by atoms with Crippen LogP contribution in [0.25, 0.3) is 0 Å². The van der Waals surface area contributed by atoms with Crippen LogP contribution in [-0.2, 0) is 20.8 Å². The van der Waals surface area contributed by atoms with Crippen molar-refractivity contribution < 1.29 is 24.0 Å². The average Bonchev–Trinajstić information content (AvgIpc) is 3.71. The fourth-order valence-electron chi connectivity index (χ4n) is 4.18. The van der Waals surface area contributed by atoms with E-state index in [4.69, 9.17) is 9.47 Å². The van der Waals surface area contributed by atoms with Crippen molar-refractivity contribution in [2.45, 2.75) is 129 Å². The molecular formula is C31H53N3O6. The molecule has 2 rings (SSSR count). The van der Waals surface area contributed by atoms with Gasteiger partial charge in [0.05, 0.1) is 24.2 Å². The number of nitro groups is 1. The van der Waals surface area contributed by atoms with E-state index in [1.165, 1.54) is 68.8 Å². The number of epoxide rings is 1. The van der Waals surface area contributed by atoms with Crippen molar-refractivity contribution in [2.75, 3.05) is 20.2 Å². The predicted molar refractivity (Wildman–Crippen MR) is 159 cm³/mol. The Labute approximate surface area is 241 Å².